The van der Waals surface area contributed by atoms with Crippen molar-refractivity contribution in [2.45, 2.75) is 90.4 Å². The topological polar surface area (TPSA) is 17.1 Å². The maximum atomic E-state index is 12.1. The molecule has 110 valence electrons. The van der Waals surface area contributed by atoms with Crippen LogP contribution in [0.2, 0.25) is 0 Å². The van der Waals surface area contributed by atoms with Gasteiger partial charge in [0.05, 0.1) is 0 Å². The highest BCUT2D eigenvalue weighted by Crippen LogP contribution is 2.56. The third-order valence-electron chi connectivity index (χ3n) is 5.31. The molecule has 0 aromatic heterocycles. The average Bonchev–Trinajstić information content (AvgIpc) is 3.16. The van der Waals surface area contributed by atoms with E-state index in [9.17, 15) is 4.79 Å². The van der Waals surface area contributed by atoms with Gasteiger partial charge in [0, 0.05) is 12.3 Å². The zero-order valence-corrected chi connectivity index (χ0v) is 12.8. The molecule has 0 radical (unpaired) electrons. The van der Waals surface area contributed by atoms with E-state index in [1.165, 1.54) is 70.6 Å². The zero-order chi connectivity index (χ0) is 13.5. The first-order valence-corrected chi connectivity index (χ1v) is 8.87. The first kappa shape index (κ1) is 15.1. The van der Waals surface area contributed by atoms with Crippen molar-refractivity contribution in [3.63, 3.8) is 0 Å². The lowest BCUT2D eigenvalue weighted by Crippen LogP contribution is -2.03. The number of ketones is 1. The Morgan fingerprint density at radius 3 is 1.95 bits per heavy atom. The molecule has 2 unspecified atom stereocenters. The molecule has 0 aromatic rings. The van der Waals surface area contributed by atoms with Gasteiger partial charge in [-0.2, -0.15) is 0 Å². The highest BCUT2D eigenvalue weighted by Gasteiger charge is 2.53. The van der Waals surface area contributed by atoms with Crippen molar-refractivity contribution in [1.29, 1.82) is 0 Å². The Balaban J connectivity index is 1.44. The molecule has 19 heavy (non-hydrogen) atoms. The van der Waals surface area contributed by atoms with E-state index in [4.69, 9.17) is 0 Å². The summed E-state index contributed by atoms with van der Waals surface area (Å²) in [4.78, 5) is 12.1. The normalized spacial score (nSPS) is 29.0. The lowest BCUT2D eigenvalue weighted by molar-refractivity contribution is -0.120. The van der Waals surface area contributed by atoms with Crippen LogP contribution in [0.4, 0.5) is 0 Å². The van der Waals surface area contributed by atoms with E-state index in [-0.39, 0.29) is 0 Å². The molecule has 2 fully saturated rings. The third-order valence-corrected chi connectivity index (χ3v) is 5.31. The molecular weight excluding hydrogens is 232 g/mol. The Morgan fingerprint density at radius 1 is 0.842 bits per heavy atom. The third kappa shape index (κ3) is 4.61. The molecule has 1 heteroatoms. The van der Waals surface area contributed by atoms with Gasteiger partial charge in [-0.25, -0.2) is 0 Å². The summed E-state index contributed by atoms with van der Waals surface area (Å²) in [5, 5.41) is 0. The second-order valence-electron chi connectivity index (χ2n) is 6.83. The van der Waals surface area contributed by atoms with Crippen LogP contribution in [-0.4, -0.2) is 5.78 Å². The first-order chi connectivity index (χ1) is 9.34. The van der Waals surface area contributed by atoms with Gasteiger partial charge in [-0.05, 0) is 31.1 Å². The number of carbonyl (C=O) groups is 1. The van der Waals surface area contributed by atoms with E-state index in [1.54, 1.807) is 0 Å². The Hall–Kier alpha value is -0.330. The molecule has 0 heterocycles. The van der Waals surface area contributed by atoms with Crippen LogP contribution in [0.25, 0.3) is 0 Å². The molecule has 0 amide bonds. The molecule has 0 bridgehead atoms. The van der Waals surface area contributed by atoms with Crippen molar-refractivity contribution in [2.24, 2.45) is 17.8 Å². The highest BCUT2D eigenvalue weighted by molar-refractivity contribution is 5.84. The van der Waals surface area contributed by atoms with Gasteiger partial charge in [0.2, 0.25) is 0 Å². The van der Waals surface area contributed by atoms with Gasteiger partial charge in [0.25, 0.3) is 0 Å². The highest BCUT2D eigenvalue weighted by atomic mass is 16.1. The van der Waals surface area contributed by atoms with Crippen LogP contribution in [0, 0.1) is 17.8 Å². The quantitative estimate of drug-likeness (QED) is 0.475. The SMILES string of the molecule is CCCCCCCCCCC(=O)C1C2CCCCC21. The molecule has 2 aliphatic rings. The second kappa shape index (κ2) is 8.07. The van der Waals surface area contributed by atoms with Crippen LogP contribution in [0.15, 0.2) is 0 Å². The van der Waals surface area contributed by atoms with Gasteiger partial charge >= 0.3 is 0 Å². The van der Waals surface area contributed by atoms with Gasteiger partial charge in [0.15, 0.2) is 0 Å². The van der Waals surface area contributed by atoms with E-state index in [1.807, 2.05) is 0 Å². The number of carbonyl (C=O) groups excluding carboxylic acids is 1. The lowest BCUT2D eigenvalue weighted by Gasteiger charge is -2.04. The van der Waals surface area contributed by atoms with Crippen molar-refractivity contribution >= 4 is 5.78 Å². The van der Waals surface area contributed by atoms with Crippen molar-refractivity contribution in [3.8, 4) is 0 Å². The smallest absolute Gasteiger partial charge is 0.136 e. The minimum atomic E-state index is 0.507. The van der Waals surface area contributed by atoms with Gasteiger partial charge in [0.1, 0.15) is 5.78 Å². The van der Waals surface area contributed by atoms with Crippen LogP contribution in [0.3, 0.4) is 0 Å². The molecule has 1 nitrogen and oxygen atoms in total. The Morgan fingerprint density at radius 2 is 1.37 bits per heavy atom. The van der Waals surface area contributed by atoms with Gasteiger partial charge in [-0.15, -0.1) is 0 Å². The summed E-state index contributed by atoms with van der Waals surface area (Å²) < 4.78 is 0. The fourth-order valence-electron chi connectivity index (χ4n) is 4.07. The minimum absolute atomic E-state index is 0.507. The molecule has 0 spiro atoms. The van der Waals surface area contributed by atoms with Gasteiger partial charge in [-0.3, -0.25) is 4.79 Å². The van der Waals surface area contributed by atoms with Crippen molar-refractivity contribution in [2.75, 3.05) is 0 Å². The van der Waals surface area contributed by atoms with E-state index in [0.717, 1.165) is 24.7 Å². The number of rotatable bonds is 10. The molecule has 0 N–H and O–H groups in total. The van der Waals surface area contributed by atoms with Crippen molar-refractivity contribution in [1.82, 2.24) is 0 Å². The summed E-state index contributed by atoms with van der Waals surface area (Å²) in [5.74, 6) is 2.75. The van der Waals surface area contributed by atoms with Crippen LogP contribution in [0.5, 0.6) is 0 Å². The standard InChI is InChI=1S/C18H32O/c1-2-3-4-5-6-7-8-9-14-17(19)18-15-12-10-11-13-16(15)18/h15-16,18H,2-14H2,1H3. The van der Waals surface area contributed by atoms with Crippen LogP contribution >= 0.6 is 0 Å². The van der Waals surface area contributed by atoms with E-state index < -0.39 is 0 Å². The summed E-state index contributed by atoms with van der Waals surface area (Å²) >= 11 is 0. The summed E-state index contributed by atoms with van der Waals surface area (Å²) in [6.07, 6.45) is 17.0. The Bertz CT molecular complexity index is 259. The summed E-state index contributed by atoms with van der Waals surface area (Å²) in [7, 11) is 0. The van der Waals surface area contributed by atoms with Gasteiger partial charge in [-0.1, -0.05) is 64.7 Å². The number of hydrogen-bond donors (Lipinski definition) is 0. The maximum absolute atomic E-state index is 12.1. The molecule has 0 saturated heterocycles. The van der Waals surface area contributed by atoms with Crippen molar-refractivity contribution in [3.05, 3.63) is 0 Å². The monoisotopic (exact) mass is 264 g/mol. The average molecular weight is 264 g/mol. The maximum Gasteiger partial charge on any atom is 0.136 e. The molecule has 2 aliphatic carbocycles. The number of Topliss-reactive ketones (excluding diaryl/α,β-unsaturated/α-hetero) is 1. The Kier molecular flexibility index (Phi) is 6.40. The molecule has 2 rings (SSSR count). The van der Waals surface area contributed by atoms with Crippen LogP contribution in [0.1, 0.15) is 90.4 Å². The molecule has 0 aliphatic heterocycles. The fraction of sp³-hybridized carbons (Fsp3) is 0.944. The van der Waals surface area contributed by atoms with E-state index in [2.05, 4.69) is 6.92 Å². The van der Waals surface area contributed by atoms with Crippen molar-refractivity contribution < 1.29 is 4.79 Å². The zero-order valence-electron chi connectivity index (χ0n) is 12.8. The second-order valence-corrected chi connectivity index (χ2v) is 6.83. The van der Waals surface area contributed by atoms with E-state index >= 15 is 0 Å². The molecule has 2 saturated carbocycles. The predicted octanol–water partition coefficient (Wildman–Crippen LogP) is 5.52. The molecular formula is C18H32O. The summed E-state index contributed by atoms with van der Waals surface area (Å²) in [6, 6.07) is 0. The summed E-state index contributed by atoms with van der Waals surface area (Å²) in [5.41, 5.74) is 0. The van der Waals surface area contributed by atoms with E-state index in [0.29, 0.717) is 11.7 Å². The van der Waals surface area contributed by atoms with Gasteiger partial charge < -0.3 is 0 Å². The van der Waals surface area contributed by atoms with Crippen LogP contribution < -0.4 is 0 Å². The number of unbranched alkanes of at least 4 members (excludes halogenated alkanes) is 7. The number of fused-ring (bicyclic) bond motifs is 1. The largest absolute Gasteiger partial charge is 0.299 e. The lowest BCUT2D eigenvalue weighted by atomic mass is 10.0. The fourth-order valence-corrected chi connectivity index (χ4v) is 4.07. The molecule has 2 atom stereocenters. The Labute approximate surface area is 119 Å². The van der Waals surface area contributed by atoms with Crippen LogP contribution in [-0.2, 0) is 4.79 Å². The minimum Gasteiger partial charge on any atom is -0.299 e. The predicted molar refractivity (Wildman–Crippen MR) is 81.2 cm³/mol. The summed E-state index contributed by atoms with van der Waals surface area (Å²) in [6.45, 7) is 2.26. The number of hydrogen-bond acceptors (Lipinski definition) is 1. The molecule has 0 aromatic carbocycles. The first-order valence-electron chi connectivity index (χ1n) is 8.87.